The molecule has 1 aromatic rings. The Hall–Kier alpha value is 0.300. The summed E-state index contributed by atoms with van der Waals surface area (Å²) in [5.74, 6) is 0. The van der Waals surface area contributed by atoms with Crippen LogP contribution in [0.15, 0.2) is 18.2 Å². The second-order valence-corrected chi connectivity index (χ2v) is 5.22. The van der Waals surface area contributed by atoms with Crippen LogP contribution in [0.1, 0.15) is 24.9 Å². The van der Waals surface area contributed by atoms with Crippen molar-refractivity contribution in [2.75, 3.05) is 26.2 Å². The van der Waals surface area contributed by atoms with Crippen LogP contribution < -0.4 is 5.32 Å². The fourth-order valence-electron chi connectivity index (χ4n) is 2.44. The highest BCUT2D eigenvalue weighted by molar-refractivity contribution is 6.35. The van der Waals surface area contributed by atoms with Crippen LogP contribution in [-0.2, 0) is 0 Å². The van der Waals surface area contributed by atoms with Crippen molar-refractivity contribution in [3.63, 3.8) is 0 Å². The third-order valence-electron chi connectivity index (χ3n) is 3.30. The molecule has 1 fully saturated rings. The number of piperazine rings is 1. The number of rotatable bonds is 3. The Morgan fingerprint density at radius 3 is 2.37 bits per heavy atom. The molecule has 110 valence electrons. The van der Waals surface area contributed by atoms with Crippen molar-refractivity contribution in [1.82, 2.24) is 10.2 Å². The fraction of sp³-hybridized carbons (Fsp3) is 0.538. The lowest BCUT2D eigenvalue weighted by molar-refractivity contribution is 0.169. The minimum absolute atomic E-state index is 0. The van der Waals surface area contributed by atoms with Crippen LogP contribution >= 0.6 is 48.0 Å². The summed E-state index contributed by atoms with van der Waals surface area (Å²) in [6, 6.07) is 6.22. The molecule has 1 aromatic carbocycles. The van der Waals surface area contributed by atoms with Crippen molar-refractivity contribution >= 4 is 48.0 Å². The first-order chi connectivity index (χ1) is 8.22. The Labute approximate surface area is 137 Å². The Morgan fingerprint density at radius 2 is 1.84 bits per heavy atom. The maximum atomic E-state index is 6.30. The van der Waals surface area contributed by atoms with Gasteiger partial charge in [-0.05, 0) is 24.1 Å². The molecule has 2 rings (SSSR count). The van der Waals surface area contributed by atoms with E-state index >= 15 is 0 Å². The van der Waals surface area contributed by atoms with Gasteiger partial charge in [-0.2, -0.15) is 0 Å². The van der Waals surface area contributed by atoms with Crippen molar-refractivity contribution in [1.29, 1.82) is 0 Å². The van der Waals surface area contributed by atoms with E-state index in [-0.39, 0.29) is 24.8 Å². The molecule has 0 spiro atoms. The smallest absolute Gasteiger partial charge is 0.0468 e. The van der Waals surface area contributed by atoms with Crippen LogP contribution in [0.5, 0.6) is 0 Å². The van der Waals surface area contributed by atoms with E-state index in [9.17, 15) is 0 Å². The molecule has 19 heavy (non-hydrogen) atoms. The van der Waals surface area contributed by atoms with Crippen molar-refractivity contribution < 1.29 is 0 Å². The van der Waals surface area contributed by atoms with Gasteiger partial charge in [-0.1, -0.05) is 36.2 Å². The van der Waals surface area contributed by atoms with E-state index in [2.05, 4.69) is 23.2 Å². The van der Waals surface area contributed by atoms with E-state index in [1.807, 2.05) is 12.1 Å². The second-order valence-electron chi connectivity index (χ2n) is 4.38. The van der Waals surface area contributed by atoms with Crippen LogP contribution in [0, 0.1) is 0 Å². The van der Waals surface area contributed by atoms with Crippen LogP contribution in [0.25, 0.3) is 0 Å². The first-order valence-electron chi connectivity index (χ1n) is 6.12. The van der Waals surface area contributed by atoms with Gasteiger partial charge in [0.25, 0.3) is 0 Å². The van der Waals surface area contributed by atoms with E-state index < -0.39 is 0 Å². The zero-order chi connectivity index (χ0) is 12.3. The van der Waals surface area contributed by atoms with Gasteiger partial charge in [-0.25, -0.2) is 0 Å². The van der Waals surface area contributed by atoms with E-state index in [1.54, 1.807) is 0 Å². The molecule has 1 aliphatic heterocycles. The third-order valence-corrected chi connectivity index (χ3v) is 3.86. The van der Waals surface area contributed by atoms with Crippen LogP contribution in [-0.4, -0.2) is 31.1 Å². The molecular formula is C13H20Cl4N2. The normalized spacial score (nSPS) is 17.2. The van der Waals surface area contributed by atoms with Gasteiger partial charge in [0.2, 0.25) is 0 Å². The van der Waals surface area contributed by atoms with Crippen LogP contribution in [0.4, 0.5) is 0 Å². The van der Waals surface area contributed by atoms with Crippen molar-refractivity contribution in [2.24, 2.45) is 0 Å². The average molecular weight is 346 g/mol. The first kappa shape index (κ1) is 19.3. The summed E-state index contributed by atoms with van der Waals surface area (Å²) in [4.78, 5) is 2.49. The standard InChI is InChI=1S/C13H18Cl2N2.2ClH/c1-2-13(17-7-5-16-6-8-17)11-4-3-10(14)9-12(11)15;;/h3-4,9,13,16H,2,5-8H2,1H3;2*1H/t13-;;/m1../s1. The Bertz CT molecular complexity index is 381. The summed E-state index contributed by atoms with van der Waals surface area (Å²) in [7, 11) is 0. The molecule has 0 unspecified atom stereocenters. The SMILES string of the molecule is CC[C@H](c1ccc(Cl)cc1Cl)N1CCNCC1.Cl.Cl. The van der Waals surface area contributed by atoms with E-state index in [0.29, 0.717) is 11.1 Å². The maximum Gasteiger partial charge on any atom is 0.0468 e. The molecule has 1 saturated heterocycles. The largest absolute Gasteiger partial charge is 0.314 e. The molecule has 1 N–H and O–H groups in total. The molecule has 1 aliphatic rings. The van der Waals surface area contributed by atoms with E-state index in [4.69, 9.17) is 23.2 Å². The number of benzene rings is 1. The molecular weight excluding hydrogens is 326 g/mol. The first-order valence-corrected chi connectivity index (χ1v) is 6.87. The number of nitrogens with zero attached hydrogens (tertiary/aromatic N) is 1. The summed E-state index contributed by atoms with van der Waals surface area (Å²) in [5.41, 5.74) is 1.19. The van der Waals surface area contributed by atoms with Gasteiger partial charge in [0.15, 0.2) is 0 Å². The van der Waals surface area contributed by atoms with Gasteiger partial charge in [-0.3, -0.25) is 4.90 Å². The lowest BCUT2D eigenvalue weighted by Crippen LogP contribution is -2.45. The summed E-state index contributed by atoms with van der Waals surface area (Å²) in [6.45, 7) is 6.48. The Balaban J connectivity index is 0.00000162. The molecule has 2 nitrogen and oxygen atoms in total. The van der Waals surface area contributed by atoms with Gasteiger partial charge < -0.3 is 5.32 Å². The van der Waals surface area contributed by atoms with Crippen LogP contribution in [0.2, 0.25) is 10.0 Å². The molecule has 0 aromatic heterocycles. The van der Waals surface area contributed by atoms with Gasteiger partial charge in [0.1, 0.15) is 0 Å². The van der Waals surface area contributed by atoms with Gasteiger partial charge in [0, 0.05) is 42.3 Å². The summed E-state index contributed by atoms with van der Waals surface area (Å²) in [5, 5.41) is 4.86. The Kier molecular flexibility index (Phi) is 9.42. The Morgan fingerprint density at radius 1 is 1.21 bits per heavy atom. The molecule has 0 bridgehead atoms. The van der Waals surface area contributed by atoms with Crippen LogP contribution in [0.3, 0.4) is 0 Å². The predicted molar refractivity (Wildman–Crippen MR) is 88.4 cm³/mol. The predicted octanol–water partition coefficient (Wildman–Crippen LogP) is 4.19. The summed E-state index contributed by atoms with van der Waals surface area (Å²) in [6.07, 6.45) is 1.07. The lowest BCUT2D eigenvalue weighted by Gasteiger charge is -2.35. The van der Waals surface area contributed by atoms with Gasteiger partial charge in [-0.15, -0.1) is 24.8 Å². The molecule has 0 radical (unpaired) electrons. The average Bonchev–Trinajstić information content (AvgIpc) is 2.34. The molecule has 1 heterocycles. The topological polar surface area (TPSA) is 15.3 Å². The van der Waals surface area contributed by atoms with E-state index in [1.165, 1.54) is 5.56 Å². The minimum Gasteiger partial charge on any atom is -0.314 e. The number of hydrogen-bond acceptors (Lipinski definition) is 2. The molecule has 0 amide bonds. The van der Waals surface area contributed by atoms with Gasteiger partial charge in [0.05, 0.1) is 0 Å². The molecule has 0 aliphatic carbocycles. The zero-order valence-electron chi connectivity index (χ0n) is 10.9. The lowest BCUT2D eigenvalue weighted by atomic mass is 10.0. The number of halogens is 4. The highest BCUT2D eigenvalue weighted by Gasteiger charge is 2.22. The van der Waals surface area contributed by atoms with Crippen molar-refractivity contribution in [2.45, 2.75) is 19.4 Å². The molecule has 0 saturated carbocycles. The van der Waals surface area contributed by atoms with Gasteiger partial charge >= 0.3 is 0 Å². The van der Waals surface area contributed by atoms with Crippen molar-refractivity contribution in [3.05, 3.63) is 33.8 Å². The third kappa shape index (κ3) is 4.96. The monoisotopic (exact) mass is 344 g/mol. The number of hydrogen-bond donors (Lipinski definition) is 1. The summed E-state index contributed by atoms with van der Waals surface area (Å²) >= 11 is 12.2. The highest BCUT2D eigenvalue weighted by atomic mass is 35.5. The maximum absolute atomic E-state index is 6.30. The zero-order valence-corrected chi connectivity index (χ0v) is 14.0. The molecule has 1 atom stereocenters. The minimum atomic E-state index is 0. The quantitative estimate of drug-likeness (QED) is 0.883. The number of nitrogens with one attached hydrogen (secondary N) is 1. The van der Waals surface area contributed by atoms with E-state index in [0.717, 1.165) is 37.6 Å². The molecule has 6 heteroatoms. The fourth-order valence-corrected chi connectivity index (χ4v) is 2.97. The second kappa shape index (κ2) is 9.28. The summed E-state index contributed by atoms with van der Waals surface area (Å²) < 4.78 is 0. The highest BCUT2D eigenvalue weighted by Crippen LogP contribution is 2.32. The van der Waals surface area contributed by atoms with Crippen molar-refractivity contribution in [3.8, 4) is 0 Å².